The quantitative estimate of drug-likeness (QED) is 0.789. The highest BCUT2D eigenvalue weighted by Gasteiger charge is 2.37. The molecule has 1 amide bonds. The van der Waals surface area contributed by atoms with Crippen molar-refractivity contribution in [3.8, 4) is 0 Å². The number of thioether (sulfide) groups is 1. The van der Waals surface area contributed by atoms with Gasteiger partial charge in [0.25, 0.3) is 0 Å². The first kappa shape index (κ1) is 15.8. The third-order valence-electron chi connectivity index (χ3n) is 3.98. The van der Waals surface area contributed by atoms with Gasteiger partial charge in [-0.15, -0.1) is 0 Å². The van der Waals surface area contributed by atoms with E-state index in [1.165, 1.54) is 0 Å². The van der Waals surface area contributed by atoms with Gasteiger partial charge in [0, 0.05) is 19.5 Å². The minimum atomic E-state index is -0.0948. The van der Waals surface area contributed by atoms with E-state index in [4.69, 9.17) is 18.0 Å². The van der Waals surface area contributed by atoms with E-state index < -0.39 is 0 Å². The zero-order valence-electron chi connectivity index (χ0n) is 11.6. The van der Waals surface area contributed by atoms with Crippen LogP contribution in [0.2, 0.25) is 0 Å². The highest BCUT2D eigenvalue weighted by Crippen LogP contribution is 2.35. The Morgan fingerprint density at radius 3 is 2.44 bits per heavy atom. The Bertz CT molecular complexity index is 312. The molecule has 0 bridgehead atoms. The number of piperidine rings is 1. The summed E-state index contributed by atoms with van der Waals surface area (Å²) in [6.45, 7) is 5.82. The summed E-state index contributed by atoms with van der Waals surface area (Å²) in [5.74, 6) is 0.752. The lowest BCUT2D eigenvalue weighted by molar-refractivity contribution is -0.133. The Hall–Kier alpha value is -0.290. The van der Waals surface area contributed by atoms with Gasteiger partial charge < -0.3 is 10.6 Å². The number of carbonyl (C=O) groups is 1. The van der Waals surface area contributed by atoms with Gasteiger partial charge in [-0.05, 0) is 25.0 Å². The zero-order valence-corrected chi connectivity index (χ0v) is 13.2. The van der Waals surface area contributed by atoms with Crippen molar-refractivity contribution in [2.45, 2.75) is 44.3 Å². The Kier molecular flexibility index (Phi) is 5.92. The van der Waals surface area contributed by atoms with Crippen molar-refractivity contribution in [3.63, 3.8) is 0 Å². The van der Waals surface area contributed by atoms with Crippen molar-refractivity contribution in [2.24, 2.45) is 11.7 Å². The summed E-state index contributed by atoms with van der Waals surface area (Å²) in [6, 6.07) is 0. The van der Waals surface area contributed by atoms with Crippen LogP contribution in [0, 0.1) is 5.92 Å². The molecule has 3 nitrogen and oxygen atoms in total. The van der Waals surface area contributed by atoms with Crippen molar-refractivity contribution in [3.05, 3.63) is 0 Å². The van der Waals surface area contributed by atoms with Crippen molar-refractivity contribution in [1.29, 1.82) is 0 Å². The third kappa shape index (κ3) is 3.60. The van der Waals surface area contributed by atoms with E-state index in [2.05, 4.69) is 20.1 Å². The van der Waals surface area contributed by atoms with E-state index in [1.54, 1.807) is 11.8 Å². The Labute approximate surface area is 120 Å². The number of hydrogen-bond donors (Lipinski definition) is 1. The average molecular weight is 288 g/mol. The molecule has 0 aromatic heterocycles. The number of nitrogens with two attached hydrogens (primary N) is 1. The first-order valence-corrected chi connectivity index (χ1v) is 8.21. The fraction of sp³-hybridized carbons (Fsp3) is 0.846. The van der Waals surface area contributed by atoms with Gasteiger partial charge in [-0.3, -0.25) is 4.79 Å². The second kappa shape index (κ2) is 6.75. The molecular formula is C13H24N2OS2. The summed E-state index contributed by atoms with van der Waals surface area (Å²) >= 11 is 6.90. The van der Waals surface area contributed by atoms with E-state index >= 15 is 0 Å². The first-order valence-electron chi connectivity index (χ1n) is 6.58. The number of thiocarbonyl (C=S) groups is 1. The maximum absolute atomic E-state index is 12.1. The SMILES string of the molecule is CCC(C)CC(=O)N1CCC(SC)(C(N)=S)CC1. The van der Waals surface area contributed by atoms with Gasteiger partial charge in [-0.2, -0.15) is 11.8 Å². The van der Waals surface area contributed by atoms with Crippen LogP contribution in [0.15, 0.2) is 0 Å². The Balaban J connectivity index is 2.53. The van der Waals surface area contributed by atoms with Crippen LogP contribution in [0.4, 0.5) is 0 Å². The number of rotatable bonds is 5. The summed E-state index contributed by atoms with van der Waals surface area (Å²) < 4.78 is -0.0948. The second-order valence-electron chi connectivity index (χ2n) is 5.16. The number of hydrogen-bond acceptors (Lipinski definition) is 3. The molecule has 1 fully saturated rings. The van der Waals surface area contributed by atoms with Crippen LogP contribution >= 0.6 is 24.0 Å². The first-order chi connectivity index (χ1) is 8.45. The lowest BCUT2D eigenvalue weighted by atomic mass is 9.94. The van der Waals surface area contributed by atoms with Gasteiger partial charge in [-0.1, -0.05) is 32.5 Å². The number of nitrogens with zero attached hydrogens (tertiary/aromatic N) is 1. The molecule has 1 aliphatic rings. The molecule has 0 saturated carbocycles. The van der Waals surface area contributed by atoms with Crippen LogP contribution in [0.25, 0.3) is 0 Å². The topological polar surface area (TPSA) is 46.3 Å². The fourth-order valence-corrected chi connectivity index (χ4v) is 3.49. The van der Waals surface area contributed by atoms with Crippen LogP contribution in [0.1, 0.15) is 39.5 Å². The number of likely N-dealkylation sites (tertiary alicyclic amines) is 1. The predicted molar refractivity (Wildman–Crippen MR) is 82.9 cm³/mol. The van der Waals surface area contributed by atoms with Crippen LogP contribution in [0.3, 0.4) is 0 Å². The second-order valence-corrected chi connectivity index (χ2v) is 6.79. The summed E-state index contributed by atoms with van der Waals surface area (Å²) in [4.78, 5) is 14.6. The standard InChI is InChI=1S/C13H24N2OS2/c1-4-10(2)9-11(16)15-7-5-13(18-3,6-8-15)12(14)17/h10H,4-9H2,1-3H3,(H2,14,17). The van der Waals surface area contributed by atoms with Gasteiger partial charge in [0.15, 0.2) is 0 Å². The molecule has 0 spiro atoms. The highest BCUT2D eigenvalue weighted by molar-refractivity contribution is 8.02. The molecule has 0 aromatic carbocycles. The summed E-state index contributed by atoms with van der Waals surface area (Å²) in [5, 5.41) is 0. The fourth-order valence-electron chi connectivity index (χ4n) is 2.24. The lowest BCUT2D eigenvalue weighted by Gasteiger charge is -2.40. The molecule has 18 heavy (non-hydrogen) atoms. The number of carbonyl (C=O) groups excluding carboxylic acids is 1. The van der Waals surface area contributed by atoms with E-state index in [0.29, 0.717) is 17.3 Å². The van der Waals surface area contributed by atoms with Crippen molar-refractivity contribution in [2.75, 3.05) is 19.3 Å². The molecule has 0 aromatic rings. The average Bonchev–Trinajstić information content (AvgIpc) is 2.38. The van der Waals surface area contributed by atoms with Crippen LogP contribution in [0.5, 0.6) is 0 Å². The molecule has 1 saturated heterocycles. The molecule has 1 heterocycles. The van der Waals surface area contributed by atoms with Crippen molar-refractivity contribution >= 4 is 34.9 Å². The molecular weight excluding hydrogens is 264 g/mol. The van der Waals surface area contributed by atoms with Crippen LogP contribution in [-0.2, 0) is 4.79 Å². The van der Waals surface area contributed by atoms with Crippen molar-refractivity contribution in [1.82, 2.24) is 4.90 Å². The smallest absolute Gasteiger partial charge is 0.222 e. The molecule has 2 N–H and O–H groups in total. The molecule has 0 radical (unpaired) electrons. The van der Waals surface area contributed by atoms with Crippen molar-refractivity contribution < 1.29 is 4.79 Å². The lowest BCUT2D eigenvalue weighted by Crippen LogP contribution is -2.50. The van der Waals surface area contributed by atoms with E-state index in [0.717, 1.165) is 32.4 Å². The molecule has 0 aliphatic carbocycles. The normalized spacial score (nSPS) is 20.5. The monoisotopic (exact) mass is 288 g/mol. The maximum Gasteiger partial charge on any atom is 0.222 e. The molecule has 1 aliphatic heterocycles. The van der Waals surface area contributed by atoms with Crippen LogP contribution < -0.4 is 5.73 Å². The molecule has 1 rings (SSSR count). The third-order valence-corrected chi connectivity index (χ3v) is 5.91. The summed E-state index contributed by atoms with van der Waals surface area (Å²) in [7, 11) is 0. The van der Waals surface area contributed by atoms with Gasteiger partial charge in [0.2, 0.25) is 5.91 Å². The van der Waals surface area contributed by atoms with E-state index in [9.17, 15) is 4.79 Å². The molecule has 5 heteroatoms. The maximum atomic E-state index is 12.1. The largest absolute Gasteiger partial charge is 0.392 e. The molecule has 1 unspecified atom stereocenters. The molecule has 104 valence electrons. The van der Waals surface area contributed by atoms with Gasteiger partial charge in [0.05, 0.1) is 9.74 Å². The minimum absolute atomic E-state index is 0.0948. The molecule has 1 atom stereocenters. The van der Waals surface area contributed by atoms with E-state index in [-0.39, 0.29) is 10.7 Å². The van der Waals surface area contributed by atoms with Gasteiger partial charge >= 0.3 is 0 Å². The Morgan fingerprint density at radius 2 is 2.06 bits per heavy atom. The van der Waals surface area contributed by atoms with Gasteiger partial charge in [0.1, 0.15) is 0 Å². The summed E-state index contributed by atoms with van der Waals surface area (Å²) in [6.07, 6.45) is 5.54. The van der Waals surface area contributed by atoms with E-state index in [1.807, 2.05) is 4.90 Å². The number of amides is 1. The summed E-state index contributed by atoms with van der Waals surface area (Å²) in [5.41, 5.74) is 5.84. The zero-order chi connectivity index (χ0) is 13.8. The minimum Gasteiger partial charge on any atom is -0.392 e. The van der Waals surface area contributed by atoms with Crippen LogP contribution in [-0.4, -0.2) is 39.9 Å². The Morgan fingerprint density at radius 1 is 1.50 bits per heavy atom. The highest BCUT2D eigenvalue weighted by atomic mass is 32.2. The van der Waals surface area contributed by atoms with Gasteiger partial charge in [-0.25, -0.2) is 0 Å². The predicted octanol–water partition coefficient (Wildman–Crippen LogP) is 2.43.